The molecule has 0 aromatic heterocycles. The standard InChI is InChI=1S/C28H33IN2O5/c1-3-4-9-26(33)31(18-20-12-10-19(2)11-13-20)23-16-21(28(35)30-14-15-32)17-25(27(23)34)36-24-8-6-5-7-22(24)29/h3,5-8,10-13,17,23,25,27,32,34H,1,4,9,14-16,18H2,2H3,(H,30,35)/t23-,25+,27+/m1/s1. The van der Waals surface area contributed by atoms with Crippen LogP contribution in [-0.2, 0) is 16.1 Å². The van der Waals surface area contributed by atoms with E-state index in [2.05, 4.69) is 34.5 Å². The molecule has 3 N–H and O–H groups in total. The van der Waals surface area contributed by atoms with E-state index in [1.807, 2.05) is 49.4 Å². The number of nitrogens with zero attached hydrogens (tertiary/aromatic N) is 1. The Morgan fingerprint density at radius 3 is 2.61 bits per heavy atom. The number of hydrogen-bond donors (Lipinski definition) is 3. The van der Waals surface area contributed by atoms with Gasteiger partial charge in [0.1, 0.15) is 18.0 Å². The topological polar surface area (TPSA) is 99.1 Å². The highest BCUT2D eigenvalue weighted by atomic mass is 127. The number of nitrogens with one attached hydrogen (secondary N) is 1. The molecule has 2 aromatic rings. The van der Waals surface area contributed by atoms with E-state index in [1.165, 1.54) is 0 Å². The number of benzene rings is 2. The van der Waals surface area contributed by atoms with E-state index in [9.17, 15) is 14.7 Å². The van der Waals surface area contributed by atoms with Crippen molar-refractivity contribution in [3.05, 3.63) is 87.5 Å². The molecule has 8 heteroatoms. The van der Waals surface area contributed by atoms with Crippen molar-refractivity contribution in [1.29, 1.82) is 0 Å². The number of allylic oxidation sites excluding steroid dienone is 1. The van der Waals surface area contributed by atoms with Gasteiger partial charge in [-0.05, 0) is 59.7 Å². The number of para-hydroxylation sites is 1. The molecule has 0 spiro atoms. The van der Waals surface area contributed by atoms with Crippen molar-refractivity contribution >= 4 is 34.4 Å². The van der Waals surface area contributed by atoms with Gasteiger partial charge in [-0.3, -0.25) is 9.59 Å². The maximum Gasteiger partial charge on any atom is 0.247 e. The lowest BCUT2D eigenvalue weighted by Gasteiger charge is -2.40. The summed E-state index contributed by atoms with van der Waals surface area (Å²) < 4.78 is 7.04. The van der Waals surface area contributed by atoms with Gasteiger partial charge in [0.2, 0.25) is 11.8 Å². The van der Waals surface area contributed by atoms with Gasteiger partial charge >= 0.3 is 0 Å². The number of aliphatic hydroxyl groups excluding tert-OH is 2. The minimum atomic E-state index is -1.06. The number of aryl methyl sites for hydroxylation is 1. The molecule has 0 heterocycles. The van der Waals surface area contributed by atoms with Gasteiger partial charge in [0.15, 0.2) is 0 Å². The van der Waals surface area contributed by atoms with E-state index < -0.39 is 18.2 Å². The quantitative estimate of drug-likeness (QED) is 0.270. The lowest BCUT2D eigenvalue weighted by Crippen LogP contribution is -2.54. The number of halogens is 1. The van der Waals surface area contributed by atoms with Crippen molar-refractivity contribution in [1.82, 2.24) is 10.2 Å². The smallest absolute Gasteiger partial charge is 0.247 e. The number of ether oxygens (including phenoxy) is 1. The highest BCUT2D eigenvalue weighted by Crippen LogP contribution is 2.30. The van der Waals surface area contributed by atoms with Crippen LogP contribution in [0.2, 0.25) is 0 Å². The van der Waals surface area contributed by atoms with Gasteiger partial charge in [-0.1, -0.05) is 48.0 Å². The predicted molar refractivity (Wildman–Crippen MR) is 147 cm³/mol. The van der Waals surface area contributed by atoms with Crippen molar-refractivity contribution in [2.75, 3.05) is 13.2 Å². The Morgan fingerprint density at radius 2 is 1.94 bits per heavy atom. The highest BCUT2D eigenvalue weighted by Gasteiger charge is 2.40. The first-order valence-electron chi connectivity index (χ1n) is 12.0. The number of amides is 2. The number of carbonyl (C=O) groups is 2. The zero-order valence-electron chi connectivity index (χ0n) is 20.4. The second-order valence-corrected chi connectivity index (χ2v) is 9.94. The third-order valence-corrected chi connectivity index (χ3v) is 6.96. The summed E-state index contributed by atoms with van der Waals surface area (Å²) in [5, 5.41) is 23.3. The normalized spacial score (nSPS) is 19.2. The fourth-order valence-corrected chi connectivity index (χ4v) is 4.63. The molecule has 0 unspecified atom stereocenters. The SMILES string of the molecule is C=CCCC(=O)N(Cc1ccc(C)cc1)[C@@H]1CC(C(=O)NCCO)=C[C@H](Oc2ccccc2I)[C@H]1O. The molecule has 1 aliphatic rings. The van der Waals surface area contributed by atoms with E-state index in [1.54, 1.807) is 23.1 Å². The molecular formula is C28H33IN2O5. The van der Waals surface area contributed by atoms with Crippen LogP contribution in [-0.4, -0.2) is 58.3 Å². The molecule has 0 saturated heterocycles. The Kier molecular flexibility index (Phi) is 10.5. The molecule has 3 atom stereocenters. The van der Waals surface area contributed by atoms with Crippen LogP contribution in [0.25, 0.3) is 0 Å². The molecular weight excluding hydrogens is 571 g/mol. The fourth-order valence-electron chi connectivity index (χ4n) is 4.12. The van der Waals surface area contributed by atoms with Crippen molar-refractivity contribution in [3.63, 3.8) is 0 Å². The molecule has 7 nitrogen and oxygen atoms in total. The molecule has 0 bridgehead atoms. The molecule has 36 heavy (non-hydrogen) atoms. The van der Waals surface area contributed by atoms with E-state index in [0.29, 0.717) is 24.3 Å². The summed E-state index contributed by atoms with van der Waals surface area (Å²) in [6.07, 6.45) is 2.32. The average molecular weight is 604 g/mol. The van der Waals surface area contributed by atoms with Gasteiger partial charge in [0.25, 0.3) is 0 Å². The minimum Gasteiger partial charge on any atom is -0.482 e. The van der Waals surface area contributed by atoms with Crippen molar-refractivity contribution in [2.24, 2.45) is 0 Å². The van der Waals surface area contributed by atoms with Gasteiger partial charge in [-0.15, -0.1) is 6.58 Å². The molecule has 0 fully saturated rings. The molecule has 3 rings (SSSR count). The lowest BCUT2D eigenvalue weighted by molar-refractivity contribution is -0.139. The van der Waals surface area contributed by atoms with Gasteiger partial charge in [0.05, 0.1) is 16.2 Å². The van der Waals surface area contributed by atoms with Crippen LogP contribution in [0, 0.1) is 10.5 Å². The van der Waals surface area contributed by atoms with E-state index in [0.717, 1.165) is 14.7 Å². The molecule has 0 radical (unpaired) electrons. The molecule has 0 saturated carbocycles. The summed E-state index contributed by atoms with van der Waals surface area (Å²) in [6.45, 7) is 5.93. The van der Waals surface area contributed by atoms with E-state index in [-0.39, 0.29) is 37.8 Å². The Balaban J connectivity index is 1.96. The maximum absolute atomic E-state index is 13.4. The molecule has 1 aliphatic carbocycles. The number of carbonyl (C=O) groups excluding carboxylic acids is 2. The van der Waals surface area contributed by atoms with E-state index >= 15 is 0 Å². The van der Waals surface area contributed by atoms with Crippen LogP contribution in [0.1, 0.15) is 30.4 Å². The van der Waals surface area contributed by atoms with Crippen molar-refractivity contribution in [3.8, 4) is 5.75 Å². The van der Waals surface area contributed by atoms with Gasteiger partial charge in [-0.2, -0.15) is 0 Å². The molecule has 2 aromatic carbocycles. The molecule has 2 amide bonds. The van der Waals surface area contributed by atoms with Crippen LogP contribution in [0.5, 0.6) is 5.75 Å². The largest absolute Gasteiger partial charge is 0.482 e. The highest BCUT2D eigenvalue weighted by molar-refractivity contribution is 14.1. The third-order valence-electron chi connectivity index (χ3n) is 6.07. The first kappa shape index (κ1) is 27.9. The second-order valence-electron chi connectivity index (χ2n) is 8.78. The van der Waals surface area contributed by atoms with Crippen molar-refractivity contribution in [2.45, 2.75) is 51.0 Å². The van der Waals surface area contributed by atoms with Gasteiger partial charge < -0.3 is 25.2 Å². The zero-order chi connectivity index (χ0) is 26.1. The Morgan fingerprint density at radius 1 is 1.22 bits per heavy atom. The van der Waals surface area contributed by atoms with E-state index in [4.69, 9.17) is 9.84 Å². The van der Waals surface area contributed by atoms with Crippen LogP contribution in [0.3, 0.4) is 0 Å². The third kappa shape index (κ3) is 7.41. The summed E-state index contributed by atoms with van der Waals surface area (Å²) in [6, 6.07) is 14.6. The monoisotopic (exact) mass is 604 g/mol. The molecule has 0 aliphatic heterocycles. The number of rotatable bonds is 11. The molecule has 192 valence electrons. The van der Waals surface area contributed by atoms with Crippen LogP contribution < -0.4 is 10.1 Å². The first-order valence-corrected chi connectivity index (χ1v) is 13.1. The summed E-state index contributed by atoms with van der Waals surface area (Å²) in [5.41, 5.74) is 2.44. The average Bonchev–Trinajstić information content (AvgIpc) is 2.88. The summed E-state index contributed by atoms with van der Waals surface area (Å²) >= 11 is 2.15. The maximum atomic E-state index is 13.4. The number of aliphatic hydroxyl groups is 2. The summed E-state index contributed by atoms with van der Waals surface area (Å²) in [5.74, 6) is 0.0907. The number of hydrogen-bond acceptors (Lipinski definition) is 5. The van der Waals surface area contributed by atoms with Crippen molar-refractivity contribution < 1.29 is 24.5 Å². The minimum absolute atomic E-state index is 0.108. The van der Waals surface area contributed by atoms with Crippen LogP contribution in [0.4, 0.5) is 0 Å². The predicted octanol–water partition coefficient (Wildman–Crippen LogP) is 3.51. The van der Waals surface area contributed by atoms with Gasteiger partial charge in [-0.25, -0.2) is 0 Å². The Bertz CT molecular complexity index is 1090. The van der Waals surface area contributed by atoms with Crippen LogP contribution in [0.15, 0.2) is 72.8 Å². The summed E-state index contributed by atoms with van der Waals surface area (Å²) in [7, 11) is 0. The van der Waals surface area contributed by atoms with Crippen LogP contribution >= 0.6 is 22.6 Å². The lowest BCUT2D eigenvalue weighted by atomic mass is 9.87. The van der Waals surface area contributed by atoms with Gasteiger partial charge in [0, 0.05) is 31.5 Å². The summed E-state index contributed by atoms with van der Waals surface area (Å²) in [4.78, 5) is 27.9. The fraction of sp³-hybridized carbons (Fsp3) is 0.357. The Hall–Kier alpha value is -2.69. The second kappa shape index (κ2) is 13.6. The zero-order valence-corrected chi connectivity index (χ0v) is 22.6. The Labute approximate surface area is 226 Å². The first-order chi connectivity index (χ1) is 17.3.